The van der Waals surface area contributed by atoms with Crippen LogP contribution in [0.15, 0.2) is 58.8 Å². The zero-order valence-corrected chi connectivity index (χ0v) is 20.9. The Morgan fingerprint density at radius 2 is 1.81 bits per heavy atom. The zero-order chi connectivity index (χ0) is 23.3. The van der Waals surface area contributed by atoms with Crippen molar-refractivity contribution in [3.63, 3.8) is 0 Å². The van der Waals surface area contributed by atoms with Gasteiger partial charge in [-0.25, -0.2) is 8.42 Å². The van der Waals surface area contributed by atoms with Crippen molar-refractivity contribution in [3.8, 4) is 11.4 Å². The molecule has 0 aliphatic heterocycles. The molecule has 2 aromatic heterocycles. The highest BCUT2D eigenvalue weighted by atomic mass is 32.2. The van der Waals surface area contributed by atoms with Crippen LogP contribution >= 0.6 is 11.8 Å². The minimum atomic E-state index is -3.55. The number of aromatic nitrogens is 4. The minimum absolute atomic E-state index is 0.154. The molecule has 1 aromatic carbocycles. The lowest BCUT2D eigenvalue weighted by Gasteiger charge is -2.19. The molecular formula is C23H31N5O2S2. The van der Waals surface area contributed by atoms with Gasteiger partial charge < -0.3 is 4.57 Å². The fraction of sp³-hybridized carbons (Fsp3) is 0.435. The quantitative estimate of drug-likeness (QED) is 0.390. The van der Waals surface area contributed by atoms with Crippen LogP contribution < -0.4 is 0 Å². The second kappa shape index (κ2) is 10.6. The van der Waals surface area contributed by atoms with Crippen LogP contribution in [0.25, 0.3) is 11.4 Å². The summed E-state index contributed by atoms with van der Waals surface area (Å²) in [5.41, 5.74) is 1.86. The Balaban J connectivity index is 2.00. The average Bonchev–Trinajstić information content (AvgIpc) is 3.16. The summed E-state index contributed by atoms with van der Waals surface area (Å²) in [4.78, 5) is 4.49. The van der Waals surface area contributed by atoms with E-state index in [4.69, 9.17) is 0 Å². The van der Waals surface area contributed by atoms with Gasteiger partial charge in [0.25, 0.3) is 0 Å². The molecule has 0 radical (unpaired) electrons. The molecule has 0 saturated heterocycles. The van der Waals surface area contributed by atoms with E-state index in [0.717, 1.165) is 22.8 Å². The summed E-state index contributed by atoms with van der Waals surface area (Å²) in [6.45, 7) is 11.7. The third-order valence-corrected chi connectivity index (χ3v) is 8.32. The van der Waals surface area contributed by atoms with E-state index < -0.39 is 10.0 Å². The van der Waals surface area contributed by atoms with Crippen LogP contribution in [-0.4, -0.2) is 45.6 Å². The van der Waals surface area contributed by atoms with Crippen LogP contribution in [0.4, 0.5) is 0 Å². The van der Waals surface area contributed by atoms with Gasteiger partial charge in [-0.15, -0.1) is 10.2 Å². The maximum atomic E-state index is 13.0. The molecule has 0 fully saturated rings. The predicted octanol–water partition coefficient (Wildman–Crippen LogP) is 4.88. The van der Waals surface area contributed by atoms with E-state index >= 15 is 0 Å². The number of hydrogen-bond acceptors (Lipinski definition) is 6. The van der Waals surface area contributed by atoms with E-state index in [2.05, 4.69) is 46.6 Å². The molecule has 1 unspecified atom stereocenters. The van der Waals surface area contributed by atoms with Crippen molar-refractivity contribution < 1.29 is 8.42 Å². The predicted molar refractivity (Wildman–Crippen MR) is 129 cm³/mol. The molecule has 0 aliphatic carbocycles. The summed E-state index contributed by atoms with van der Waals surface area (Å²) in [7, 11) is -3.55. The lowest BCUT2D eigenvalue weighted by Crippen LogP contribution is -2.30. The lowest BCUT2D eigenvalue weighted by molar-refractivity contribution is 0.445. The third-order valence-electron chi connectivity index (χ3n) is 5.14. The molecule has 2 heterocycles. The van der Waals surface area contributed by atoms with E-state index in [9.17, 15) is 8.42 Å². The third kappa shape index (κ3) is 5.39. The van der Waals surface area contributed by atoms with E-state index in [-0.39, 0.29) is 10.1 Å². The lowest BCUT2D eigenvalue weighted by atomic mass is 10.2. The Morgan fingerprint density at radius 3 is 2.44 bits per heavy atom. The zero-order valence-electron chi connectivity index (χ0n) is 19.3. The first-order valence-corrected chi connectivity index (χ1v) is 13.2. The Labute approximate surface area is 195 Å². The van der Waals surface area contributed by atoms with Gasteiger partial charge in [0.05, 0.1) is 4.90 Å². The first-order valence-electron chi connectivity index (χ1n) is 10.9. The molecule has 0 saturated carbocycles. The molecule has 0 aliphatic rings. The average molecular weight is 474 g/mol. The fourth-order valence-corrected chi connectivity index (χ4v) is 5.94. The summed E-state index contributed by atoms with van der Waals surface area (Å²) >= 11 is 1.63. The number of benzene rings is 1. The number of rotatable bonds is 10. The summed E-state index contributed by atoms with van der Waals surface area (Å²) in [5.74, 6) is 1.05. The van der Waals surface area contributed by atoms with Crippen LogP contribution in [0.1, 0.15) is 45.4 Å². The van der Waals surface area contributed by atoms with Crippen molar-refractivity contribution in [2.24, 2.45) is 5.92 Å². The summed E-state index contributed by atoms with van der Waals surface area (Å²) < 4.78 is 29.6. The minimum Gasteiger partial charge on any atom is -0.302 e. The van der Waals surface area contributed by atoms with E-state index in [1.165, 1.54) is 4.31 Å². The Hall–Kier alpha value is -2.23. The Morgan fingerprint density at radius 1 is 1.06 bits per heavy atom. The SMILES string of the molecule is CCN(CC)S(=O)(=O)c1cccc(-c2nnc(SC(C)c3cccnc3)n2CC(C)C)c1. The van der Waals surface area contributed by atoms with Gasteiger partial charge >= 0.3 is 0 Å². The molecule has 0 bridgehead atoms. The Bertz CT molecular complexity index is 1130. The number of hydrogen-bond donors (Lipinski definition) is 0. The smallest absolute Gasteiger partial charge is 0.243 e. The van der Waals surface area contributed by atoms with Crippen LogP contribution in [0, 0.1) is 5.92 Å². The normalized spacial score (nSPS) is 13.1. The molecule has 172 valence electrons. The highest BCUT2D eigenvalue weighted by molar-refractivity contribution is 7.99. The first kappa shape index (κ1) is 24.4. The monoisotopic (exact) mass is 473 g/mol. The second-order valence-electron chi connectivity index (χ2n) is 7.97. The number of pyridine rings is 1. The summed E-state index contributed by atoms with van der Waals surface area (Å²) in [5, 5.41) is 9.89. The molecule has 32 heavy (non-hydrogen) atoms. The molecule has 3 rings (SSSR count). The molecule has 0 N–H and O–H groups in total. The van der Waals surface area contributed by atoms with Crippen LogP contribution in [-0.2, 0) is 16.6 Å². The number of nitrogens with zero attached hydrogens (tertiary/aromatic N) is 5. The van der Waals surface area contributed by atoms with E-state index in [1.54, 1.807) is 36.2 Å². The maximum absolute atomic E-state index is 13.0. The number of thioether (sulfide) groups is 1. The van der Waals surface area contributed by atoms with Gasteiger partial charge in [0.15, 0.2) is 11.0 Å². The van der Waals surface area contributed by atoms with Crippen molar-refractivity contribution in [2.75, 3.05) is 13.1 Å². The molecular weight excluding hydrogens is 442 g/mol. The maximum Gasteiger partial charge on any atom is 0.243 e. The van der Waals surface area contributed by atoms with Crippen LogP contribution in [0.3, 0.4) is 0 Å². The van der Waals surface area contributed by atoms with Gasteiger partial charge in [0, 0.05) is 42.8 Å². The van der Waals surface area contributed by atoms with E-state index in [1.807, 2.05) is 32.2 Å². The molecule has 7 nitrogen and oxygen atoms in total. The van der Waals surface area contributed by atoms with Crippen molar-refractivity contribution in [1.82, 2.24) is 24.1 Å². The highest BCUT2D eigenvalue weighted by Crippen LogP contribution is 2.35. The van der Waals surface area contributed by atoms with Crippen LogP contribution in [0.2, 0.25) is 0 Å². The number of sulfonamides is 1. The largest absolute Gasteiger partial charge is 0.302 e. The summed E-state index contributed by atoms with van der Waals surface area (Å²) in [6, 6.07) is 11.0. The molecule has 3 aromatic rings. The highest BCUT2D eigenvalue weighted by Gasteiger charge is 2.24. The second-order valence-corrected chi connectivity index (χ2v) is 11.2. The van der Waals surface area contributed by atoms with Gasteiger partial charge in [0.1, 0.15) is 0 Å². The van der Waals surface area contributed by atoms with E-state index in [0.29, 0.717) is 24.8 Å². The van der Waals surface area contributed by atoms with Crippen molar-refractivity contribution in [3.05, 3.63) is 54.4 Å². The Kier molecular flexibility index (Phi) is 8.08. The van der Waals surface area contributed by atoms with Gasteiger partial charge in [-0.1, -0.05) is 57.7 Å². The molecule has 9 heteroatoms. The molecule has 0 spiro atoms. The van der Waals surface area contributed by atoms with Gasteiger partial charge in [-0.3, -0.25) is 4.98 Å². The van der Waals surface area contributed by atoms with Crippen molar-refractivity contribution in [1.29, 1.82) is 0 Å². The fourth-order valence-electron chi connectivity index (χ4n) is 3.47. The molecule has 1 atom stereocenters. The topological polar surface area (TPSA) is 81.0 Å². The van der Waals surface area contributed by atoms with Crippen molar-refractivity contribution in [2.45, 2.75) is 56.5 Å². The first-order chi connectivity index (χ1) is 15.3. The van der Waals surface area contributed by atoms with Crippen molar-refractivity contribution >= 4 is 21.8 Å². The van der Waals surface area contributed by atoms with Crippen LogP contribution in [0.5, 0.6) is 0 Å². The van der Waals surface area contributed by atoms with Gasteiger partial charge in [0.2, 0.25) is 10.0 Å². The van der Waals surface area contributed by atoms with Gasteiger partial charge in [-0.05, 0) is 36.6 Å². The standard InChI is InChI=1S/C23H31N5O2S2/c1-6-27(7-2)32(29,30)21-12-8-10-19(14-21)22-25-26-23(28(22)16-17(3)4)31-18(5)20-11-9-13-24-15-20/h8-15,17-18H,6-7,16H2,1-5H3. The van der Waals surface area contributed by atoms with Gasteiger partial charge in [-0.2, -0.15) is 4.31 Å². The summed E-state index contributed by atoms with van der Waals surface area (Å²) in [6.07, 6.45) is 3.63. The molecule has 0 amide bonds.